The number of pyridine rings is 1. The SMILES string of the molecule is O=C(c1ccnc(Cl)c1)N1CC2(CCN(CC=C(F)c3ccc(Cl)cc3)CC2)c2cc(Cl)ccc21. The Kier molecular flexibility index (Phi) is 6.86. The van der Waals surface area contributed by atoms with Gasteiger partial charge in [-0.3, -0.25) is 9.69 Å². The zero-order chi connectivity index (χ0) is 24.6. The van der Waals surface area contributed by atoms with Crippen molar-refractivity contribution in [2.24, 2.45) is 0 Å². The summed E-state index contributed by atoms with van der Waals surface area (Å²) < 4.78 is 14.6. The van der Waals surface area contributed by atoms with E-state index in [9.17, 15) is 9.18 Å². The average Bonchev–Trinajstić information content (AvgIpc) is 3.16. The Hall–Kier alpha value is -2.44. The lowest BCUT2D eigenvalue weighted by molar-refractivity contribution is 0.0977. The zero-order valence-electron chi connectivity index (χ0n) is 18.9. The second kappa shape index (κ2) is 9.90. The molecule has 4 nitrogen and oxygen atoms in total. The molecular weight excluding hydrogens is 508 g/mol. The van der Waals surface area contributed by atoms with Crippen molar-refractivity contribution in [3.05, 3.63) is 98.8 Å². The first-order valence-electron chi connectivity index (χ1n) is 11.4. The molecule has 1 aromatic heterocycles. The van der Waals surface area contributed by atoms with Crippen LogP contribution < -0.4 is 4.90 Å². The fourth-order valence-electron chi connectivity index (χ4n) is 5.04. The van der Waals surface area contributed by atoms with Crippen molar-refractivity contribution in [3.63, 3.8) is 0 Å². The van der Waals surface area contributed by atoms with Crippen LogP contribution in [0.2, 0.25) is 15.2 Å². The highest BCUT2D eigenvalue weighted by molar-refractivity contribution is 6.31. The van der Waals surface area contributed by atoms with E-state index < -0.39 is 0 Å². The minimum absolute atomic E-state index is 0.106. The van der Waals surface area contributed by atoms with Gasteiger partial charge in [0.15, 0.2) is 0 Å². The molecule has 0 aliphatic carbocycles. The predicted octanol–water partition coefficient (Wildman–Crippen LogP) is 7.05. The number of anilines is 1. The van der Waals surface area contributed by atoms with Gasteiger partial charge in [0.25, 0.3) is 5.91 Å². The lowest BCUT2D eigenvalue weighted by Crippen LogP contribution is -2.46. The lowest BCUT2D eigenvalue weighted by atomic mass is 9.74. The van der Waals surface area contributed by atoms with Gasteiger partial charge in [-0.2, -0.15) is 0 Å². The smallest absolute Gasteiger partial charge is 0.258 e. The molecule has 0 unspecified atom stereocenters. The van der Waals surface area contributed by atoms with E-state index in [1.807, 2.05) is 23.1 Å². The van der Waals surface area contributed by atoms with Crippen molar-refractivity contribution in [1.29, 1.82) is 0 Å². The van der Waals surface area contributed by atoms with Crippen molar-refractivity contribution < 1.29 is 9.18 Å². The van der Waals surface area contributed by atoms with Gasteiger partial charge in [0.05, 0.1) is 0 Å². The van der Waals surface area contributed by atoms with Crippen molar-refractivity contribution in [3.8, 4) is 0 Å². The number of rotatable bonds is 4. The second-order valence-corrected chi connectivity index (χ2v) is 10.3. The van der Waals surface area contributed by atoms with E-state index in [1.165, 1.54) is 0 Å². The third-order valence-corrected chi connectivity index (χ3v) is 7.66. The molecule has 0 N–H and O–H groups in total. The fourth-order valence-corrected chi connectivity index (χ4v) is 5.51. The van der Waals surface area contributed by atoms with Gasteiger partial charge in [0, 0.05) is 51.6 Å². The minimum Gasteiger partial charge on any atom is -0.307 e. The number of hydrogen-bond acceptors (Lipinski definition) is 3. The van der Waals surface area contributed by atoms with Crippen LogP contribution in [0.1, 0.15) is 34.3 Å². The molecule has 2 aliphatic rings. The Morgan fingerprint density at radius 2 is 1.69 bits per heavy atom. The maximum Gasteiger partial charge on any atom is 0.258 e. The van der Waals surface area contributed by atoms with Crippen molar-refractivity contribution in [2.45, 2.75) is 18.3 Å². The number of benzene rings is 2. The molecule has 0 atom stereocenters. The molecule has 180 valence electrons. The molecule has 5 rings (SSSR count). The van der Waals surface area contributed by atoms with Gasteiger partial charge in [-0.1, -0.05) is 46.9 Å². The highest BCUT2D eigenvalue weighted by Crippen LogP contribution is 2.48. The summed E-state index contributed by atoms with van der Waals surface area (Å²) in [7, 11) is 0. The maximum atomic E-state index is 14.6. The molecule has 1 saturated heterocycles. The van der Waals surface area contributed by atoms with Crippen molar-refractivity contribution >= 4 is 52.2 Å². The second-order valence-electron chi connectivity index (χ2n) is 9.06. The number of nitrogens with zero attached hydrogens (tertiary/aromatic N) is 3. The Bertz CT molecular complexity index is 1290. The summed E-state index contributed by atoms with van der Waals surface area (Å²) >= 11 is 18.3. The first-order valence-corrected chi connectivity index (χ1v) is 12.6. The van der Waals surface area contributed by atoms with Gasteiger partial charge in [0.1, 0.15) is 11.0 Å². The number of fused-ring (bicyclic) bond motifs is 2. The Balaban J connectivity index is 1.33. The van der Waals surface area contributed by atoms with E-state index >= 15 is 0 Å². The van der Waals surface area contributed by atoms with Crippen LogP contribution in [-0.4, -0.2) is 42.0 Å². The van der Waals surface area contributed by atoms with E-state index in [0.29, 0.717) is 34.3 Å². The molecule has 2 aliphatic heterocycles. The Labute approximate surface area is 218 Å². The summed E-state index contributed by atoms with van der Waals surface area (Å²) in [5.74, 6) is -0.363. The van der Waals surface area contributed by atoms with Crippen molar-refractivity contribution in [1.82, 2.24) is 9.88 Å². The Morgan fingerprint density at radius 3 is 2.40 bits per heavy atom. The molecule has 35 heavy (non-hydrogen) atoms. The first kappa shape index (κ1) is 24.3. The van der Waals surface area contributed by atoms with Gasteiger partial charge in [0.2, 0.25) is 0 Å². The highest BCUT2D eigenvalue weighted by atomic mass is 35.5. The molecule has 1 spiro atoms. The van der Waals surface area contributed by atoms with Crippen LogP contribution in [0.4, 0.5) is 10.1 Å². The number of piperidine rings is 1. The Morgan fingerprint density at radius 1 is 0.971 bits per heavy atom. The van der Waals surface area contributed by atoms with Gasteiger partial charge in [-0.15, -0.1) is 0 Å². The van der Waals surface area contributed by atoms with E-state index in [1.54, 1.807) is 48.7 Å². The molecule has 3 aromatic rings. The van der Waals surface area contributed by atoms with Crippen LogP contribution in [0.3, 0.4) is 0 Å². The number of amides is 1. The number of halogens is 4. The first-order chi connectivity index (χ1) is 16.8. The quantitative estimate of drug-likeness (QED) is 0.339. The largest absolute Gasteiger partial charge is 0.307 e. The number of hydrogen-bond donors (Lipinski definition) is 0. The topological polar surface area (TPSA) is 36.4 Å². The maximum absolute atomic E-state index is 14.6. The average molecular weight is 531 g/mol. The van der Waals surface area contributed by atoms with Crippen LogP contribution in [-0.2, 0) is 5.41 Å². The van der Waals surface area contributed by atoms with E-state index in [0.717, 1.165) is 37.2 Å². The molecule has 0 radical (unpaired) electrons. The third-order valence-electron chi connectivity index (χ3n) is 6.96. The van der Waals surface area contributed by atoms with Crippen molar-refractivity contribution in [2.75, 3.05) is 31.1 Å². The monoisotopic (exact) mass is 529 g/mol. The van der Waals surface area contributed by atoms with E-state index in [-0.39, 0.29) is 22.3 Å². The molecule has 1 amide bonds. The van der Waals surface area contributed by atoms with E-state index in [2.05, 4.69) is 9.88 Å². The number of aromatic nitrogens is 1. The molecule has 8 heteroatoms. The van der Waals surface area contributed by atoms with Gasteiger partial charge in [-0.25, -0.2) is 9.37 Å². The molecule has 0 bridgehead atoms. The summed E-state index contributed by atoms with van der Waals surface area (Å²) in [6, 6.07) is 15.7. The third kappa shape index (κ3) is 4.96. The molecular formula is C27H23Cl3FN3O. The fraction of sp³-hybridized carbons (Fsp3) is 0.259. The van der Waals surface area contributed by atoms with E-state index in [4.69, 9.17) is 34.8 Å². The molecule has 2 aromatic carbocycles. The van der Waals surface area contributed by atoms with Gasteiger partial charge >= 0.3 is 0 Å². The standard InChI is InChI=1S/C27H23Cl3FN3O/c28-20-3-1-18(2-4-20)23(31)8-12-33-13-9-27(10-14-33)17-34(24-6-5-21(29)16-22(24)27)26(35)19-7-11-32-25(30)15-19/h1-8,11,15-16H,9-10,12-14,17H2. The number of likely N-dealkylation sites (tertiary alicyclic amines) is 1. The molecule has 3 heterocycles. The van der Waals surface area contributed by atoms with Gasteiger partial charge in [-0.05, 0) is 80.0 Å². The van der Waals surface area contributed by atoms with Gasteiger partial charge < -0.3 is 4.90 Å². The van der Waals surface area contributed by atoms with Crippen LogP contribution in [0.25, 0.3) is 5.83 Å². The normalized spacial score (nSPS) is 17.6. The number of carbonyl (C=O) groups excluding carboxylic acids is 1. The van der Waals surface area contributed by atoms with Crippen LogP contribution in [0.5, 0.6) is 0 Å². The lowest BCUT2D eigenvalue weighted by Gasteiger charge is -2.39. The molecule has 1 fully saturated rings. The number of carbonyl (C=O) groups is 1. The minimum atomic E-state index is -0.257. The highest BCUT2D eigenvalue weighted by Gasteiger charge is 2.46. The summed E-state index contributed by atoms with van der Waals surface area (Å²) in [6.45, 7) is 2.67. The van der Waals surface area contributed by atoms with Crippen LogP contribution in [0, 0.1) is 0 Å². The summed E-state index contributed by atoms with van der Waals surface area (Å²) in [5, 5.41) is 1.52. The van der Waals surface area contributed by atoms with Crippen LogP contribution >= 0.6 is 34.8 Å². The van der Waals surface area contributed by atoms with Crippen LogP contribution in [0.15, 0.2) is 66.9 Å². The molecule has 0 saturated carbocycles. The summed E-state index contributed by atoms with van der Waals surface area (Å²) in [5.41, 5.74) is 2.81. The summed E-state index contributed by atoms with van der Waals surface area (Å²) in [6.07, 6.45) is 4.85. The predicted molar refractivity (Wildman–Crippen MR) is 140 cm³/mol. The zero-order valence-corrected chi connectivity index (χ0v) is 21.1. The summed E-state index contributed by atoms with van der Waals surface area (Å²) in [4.78, 5) is 21.5.